The Bertz CT molecular complexity index is 384. The lowest BCUT2D eigenvalue weighted by Crippen LogP contribution is -2.04. The summed E-state index contributed by atoms with van der Waals surface area (Å²) in [4.78, 5) is 12.4. The van der Waals surface area contributed by atoms with E-state index in [1.165, 1.54) is 11.3 Å². The molecule has 0 aromatic carbocycles. The van der Waals surface area contributed by atoms with Crippen molar-refractivity contribution in [3.8, 4) is 5.75 Å². The minimum Gasteiger partial charge on any atom is -0.492 e. The smallest absolute Gasteiger partial charge is 0.349 e. The number of thiophene rings is 1. The number of hydrogen-bond donors (Lipinski definition) is 1. The van der Waals surface area contributed by atoms with Crippen LogP contribution in [0.15, 0.2) is 6.07 Å². The number of carboxylic acid groups (broad SMARTS) is 1. The van der Waals surface area contributed by atoms with Crippen LogP contribution >= 0.6 is 11.3 Å². The molecule has 5 heteroatoms. The van der Waals surface area contributed by atoms with Gasteiger partial charge in [0.05, 0.1) is 6.61 Å². The summed E-state index contributed by atoms with van der Waals surface area (Å²) in [5, 5.41) is 9.11. The van der Waals surface area contributed by atoms with Crippen LogP contribution in [0.25, 0.3) is 0 Å². The SMILES string of the molecule is CCOCCCOc1cc(C(C)C)sc1C(=O)O. The van der Waals surface area contributed by atoms with Gasteiger partial charge in [-0.15, -0.1) is 11.3 Å². The molecule has 1 rings (SSSR count). The number of carboxylic acids is 1. The second-order valence-electron chi connectivity index (χ2n) is 4.20. The van der Waals surface area contributed by atoms with Crippen molar-refractivity contribution in [3.63, 3.8) is 0 Å². The Hall–Kier alpha value is -1.07. The molecule has 0 aliphatic rings. The van der Waals surface area contributed by atoms with Crippen LogP contribution in [0.2, 0.25) is 0 Å². The molecule has 0 spiro atoms. The monoisotopic (exact) mass is 272 g/mol. The van der Waals surface area contributed by atoms with Crippen LogP contribution in [0.1, 0.15) is 47.7 Å². The van der Waals surface area contributed by atoms with Gasteiger partial charge in [0.25, 0.3) is 0 Å². The lowest BCUT2D eigenvalue weighted by molar-refractivity contribution is 0.0697. The van der Waals surface area contributed by atoms with Crippen LogP contribution in [0.4, 0.5) is 0 Å². The van der Waals surface area contributed by atoms with E-state index in [0.717, 1.165) is 11.3 Å². The van der Waals surface area contributed by atoms with Crippen LogP contribution in [0, 0.1) is 0 Å². The molecule has 1 N–H and O–H groups in total. The quantitative estimate of drug-likeness (QED) is 0.737. The zero-order valence-electron chi connectivity index (χ0n) is 11.1. The molecule has 0 aliphatic carbocycles. The molecule has 0 atom stereocenters. The molecule has 1 heterocycles. The summed E-state index contributed by atoms with van der Waals surface area (Å²) in [6, 6.07) is 1.83. The summed E-state index contributed by atoms with van der Waals surface area (Å²) >= 11 is 1.29. The zero-order chi connectivity index (χ0) is 13.5. The molecule has 0 unspecified atom stereocenters. The van der Waals surface area contributed by atoms with Gasteiger partial charge >= 0.3 is 5.97 Å². The summed E-state index contributed by atoms with van der Waals surface area (Å²) in [5.41, 5.74) is 0. The molecule has 0 saturated heterocycles. The second-order valence-corrected chi connectivity index (χ2v) is 5.28. The summed E-state index contributed by atoms with van der Waals surface area (Å²) < 4.78 is 10.7. The largest absolute Gasteiger partial charge is 0.492 e. The van der Waals surface area contributed by atoms with Crippen molar-refractivity contribution in [3.05, 3.63) is 15.8 Å². The highest BCUT2D eigenvalue weighted by molar-refractivity contribution is 7.14. The Morgan fingerprint density at radius 3 is 2.72 bits per heavy atom. The summed E-state index contributed by atoms with van der Waals surface area (Å²) in [6.45, 7) is 7.83. The zero-order valence-corrected chi connectivity index (χ0v) is 11.9. The molecule has 0 bridgehead atoms. The van der Waals surface area contributed by atoms with E-state index in [-0.39, 0.29) is 4.88 Å². The Labute approximate surface area is 112 Å². The third kappa shape index (κ3) is 4.31. The van der Waals surface area contributed by atoms with Crippen molar-refractivity contribution >= 4 is 17.3 Å². The van der Waals surface area contributed by atoms with E-state index in [1.54, 1.807) is 0 Å². The average molecular weight is 272 g/mol. The maximum absolute atomic E-state index is 11.1. The molecule has 0 amide bonds. The Morgan fingerprint density at radius 1 is 1.44 bits per heavy atom. The Morgan fingerprint density at radius 2 is 2.17 bits per heavy atom. The molecule has 4 nitrogen and oxygen atoms in total. The summed E-state index contributed by atoms with van der Waals surface area (Å²) in [7, 11) is 0. The third-order valence-corrected chi connectivity index (χ3v) is 3.78. The van der Waals surface area contributed by atoms with E-state index in [4.69, 9.17) is 14.6 Å². The van der Waals surface area contributed by atoms with Crippen LogP contribution in [-0.2, 0) is 4.74 Å². The van der Waals surface area contributed by atoms with E-state index in [2.05, 4.69) is 0 Å². The third-order valence-electron chi connectivity index (χ3n) is 2.38. The van der Waals surface area contributed by atoms with E-state index in [0.29, 0.717) is 31.5 Å². The Balaban J connectivity index is 2.60. The van der Waals surface area contributed by atoms with Crippen LogP contribution < -0.4 is 4.74 Å². The van der Waals surface area contributed by atoms with Crippen LogP contribution in [-0.4, -0.2) is 30.9 Å². The molecule has 0 saturated carbocycles. The minimum absolute atomic E-state index is 0.287. The summed E-state index contributed by atoms with van der Waals surface area (Å²) in [5.74, 6) is -0.131. The molecule has 0 fully saturated rings. The molecule has 0 aliphatic heterocycles. The number of hydrogen-bond acceptors (Lipinski definition) is 4. The van der Waals surface area contributed by atoms with Gasteiger partial charge in [0.1, 0.15) is 5.75 Å². The van der Waals surface area contributed by atoms with Gasteiger partial charge in [0, 0.05) is 24.5 Å². The van der Waals surface area contributed by atoms with Gasteiger partial charge in [-0.3, -0.25) is 0 Å². The molecule has 1 aromatic rings. The minimum atomic E-state index is -0.924. The maximum atomic E-state index is 11.1. The van der Waals surface area contributed by atoms with Crippen LogP contribution in [0.3, 0.4) is 0 Å². The molecule has 0 radical (unpaired) electrons. The van der Waals surface area contributed by atoms with E-state index >= 15 is 0 Å². The number of carbonyl (C=O) groups is 1. The standard InChI is InChI=1S/C13H20O4S/c1-4-16-6-5-7-17-10-8-11(9(2)3)18-12(10)13(14)15/h8-9H,4-7H2,1-3H3,(H,14,15). The average Bonchev–Trinajstić information content (AvgIpc) is 2.73. The first-order valence-corrected chi connectivity index (χ1v) is 6.95. The fourth-order valence-corrected chi connectivity index (χ4v) is 2.36. The van der Waals surface area contributed by atoms with Gasteiger partial charge in [-0.2, -0.15) is 0 Å². The van der Waals surface area contributed by atoms with E-state index < -0.39 is 5.97 Å². The van der Waals surface area contributed by atoms with Gasteiger partial charge in [-0.05, 0) is 18.9 Å². The van der Waals surface area contributed by atoms with Gasteiger partial charge in [-0.25, -0.2) is 4.79 Å². The summed E-state index contributed by atoms with van der Waals surface area (Å²) in [6.07, 6.45) is 0.764. The topological polar surface area (TPSA) is 55.8 Å². The van der Waals surface area contributed by atoms with E-state index in [1.807, 2.05) is 26.8 Å². The fourth-order valence-electron chi connectivity index (χ4n) is 1.42. The van der Waals surface area contributed by atoms with Crippen molar-refractivity contribution in [1.82, 2.24) is 0 Å². The van der Waals surface area contributed by atoms with Gasteiger partial charge in [0.2, 0.25) is 0 Å². The Kier molecular flexibility index (Phi) is 6.15. The lowest BCUT2D eigenvalue weighted by atomic mass is 10.2. The fraction of sp³-hybridized carbons (Fsp3) is 0.615. The molecular formula is C13H20O4S. The van der Waals surface area contributed by atoms with E-state index in [9.17, 15) is 4.79 Å². The lowest BCUT2D eigenvalue weighted by Gasteiger charge is -2.05. The first-order valence-electron chi connectivity index (χ1n) is 6.13. The predicted molar refractivity (Wildman–Crippen MR) is 72.0 cm³/mol. The second kappa shape index (κ2) is 7.38. The van der Waals surface area contributed by atoms with Crippen LogP contribution in [0.5, 0.6) is 5.75 Å². The van der Waals surface area contributed by atoms with Gasteiger partial charge < -0.3 is 14.6 Å². The number of rotatable bonds is 8. The molecule has 18 heavy (non-hydrogen) atoms. The van der Waals surface area contributed by atoms with Gasteiger partial charge in [-0.1, -0.05) is 13.8 Å². The highest BCUT2D eigenvalue weighted by atomic mass is 32.1. The van der Waals surface area contributed by atoms with Crippen molar-refractivity contribution in [2.24, 2.45) is 0 Å². The molecule has 1 aromatic heterocycles. The van der Waals surface area contributed by atoms with Gasteiger partial charge in [0.15, 0.2) is 4.88 Å². The number of aromatic carboxylic acids is 1. The highest BCUT2D eigenvalue weighted by Gasteiger charge is 2.18. The van der Waals surface area contributed by atoms with Crippen molar-refractivity contribution < 1.29 is 19.4 Å². The first-order chi connectivity index (χ1) is 8.56. The highest BCUT2D eigenvalue weighted by Crippen LogP contribution is 2.33. The normalized spacial score (nSPS) is 10.9. The maximum Gasteiger partial charge on any atom is 0.349 e. The van der Waals surface area contributed by atoms with Crippen molar-refractivity contribution in [2.75, 3.05) is 19.8 Å². The van der Waals surface area contributed by atoms with Crippen molar-refractivity contribution in [1.29, 1.82) is 0 Å². The molecule has 102 valence electrons. The predicted octanol–water partition coefficient (Wildman–Crippen LogP) is 3.38. The first kappa shape index (κ1) is 15.0. The van der Waals surface area contributed by atoms with Crippen molar-refractivity contribution in [2.45, 2.75) is 33.1 Å². The molecular weight excluding hydrogens is 252 g/mol. The number of ether oxygens (including phenoxy) is 2.